The fraction of sp³-hybridized carbons (Fsp3) is 0.310. The monoisotopic (exact) mass is 548 g/mol. The first-order valence-corrected chi connectivity index (χ1v) is 14.4. The Labute approximate surface area is 231 Å². The zero-order chi connectivity index (χ0) is 26.6. The lowest BCUT2D eigenvalue weighted by Crippen LogP contribution is -2.31. The fourth-order valence-electron chi connectivity index (χ4n) is 4.82. The summed E-state index contributed by atoms with van der Waals surface area (Å²) in [6.07, 6.45) is 5.03. The highest BCUT2D eigenvalue weighted by Crippen LogP contribution is 2.37. The van der Waals surface area contributed by atoms with Gasteiger partial charge >= 0.3 is 12.0 Å². The second-order valence-corrected chi connectivity index (χ2v) is 11.6. The third-order valence-corrected chi connectivity index (χ3v) is 9.22. The molecule has 1 aliphatic rings. The van der Waals surface area contributed by atoms with Crippen molar-refractivity contribution in [2.75, 3.05) is 18.5 Å². The van der Waals surface area contributed by atoms with Gasteiger partial charge in [0.1, 0.15) is 10.0 Å². The Morgan fingerprint density at radius 2 is 1.82 bits per heavy atom. The van der Waals surface area contributed by atoms with Gasteiger partial charge in [-0.2, -0.15) is 0 Å². The van der Waals surface area contributed by atoms with Gasteiger partial charge in [-0.3, -0.25) is 10.2 Å². The van der Waals surface area contributed by atoms with Gasteiger partial charge in [-0.25, -0.2) is 9.59 Å². The lowest BCUT2D eigenvalue weighted by atomic mass is 10.0. The van der Waals surface area contributed by atoms with E-state index in [2.05, 4.69) is 44.4 Å². The SMILES string of the molecule is CCOC(=O)c1c(NC(=O)NCc2c(-n3cccc3)sc3c2CCN(Cc2ccccc2)C3)sc(C)c1C. The van der Waals surface area contributed by atoms with Crippen LogP contribution in [0.1, 0.15) is 49.3 Å². The lowest BCUT2D eigenvalue weighted by Gasteiger charge is -2.27. The molecule has 198 valence electrons. The van der Waals surface area contributed by atoms with Crippen LogP contribution in [0.4, 0.5) is 9.80 Å². The Hall–Kier alpha value is -3.40. The van der Waals surface area contributed by atoms with Gasteiger partial charge in [0.25, 0.3) is 0 Å². The molecular weight excluding hydrogens is 516 g/mol. The highest BCUT2D eigenvalue weighted by atomic mass is 32.1. The van der Waals surface area contributed by atoms with Gasteiger partial charge in [-0.1, -0.05) is 30.3 Å². The third kappa shape index (κ3) is 5.55. The normalized spacial score (nSPS) is 13.2. The average molecular weight is 549 g/mol. The summed E-state index contributed by atoms with van der Waals surface area (Å²) >= 11 is 3.19. The molecule has 0 unspecified atom stereocenters. The van der Waals surface area contributed by atoms with E-state index in [9.17, 15) is 9.59 Å². The van der Waals surface area contributed by atoms with Gasteiger partial charge in [0, 0.05) is 53.9 Å². The van der Waals surface area contributed by atoms with Crippen LogP contribution < -0.4 is 10.6 Å². The van der Waals surface area contributed by atoms with Gasteiger partial charge < -0.3 is 14.6 Å². The summed E-state index contributed by atoms with van der Waals surface area (Å²) in [4.78, 5) is 30.3. The summed E-state index contributed by atoms with van der Waals surface area (Å²) < 4.78 is 7.35. The summed E-state index contributed by atoms with van der Waals surface area (Å²) in [6, 6.07) is 14.3. The van der Waals surface area contributed by atoms with E-state index >= 15 is 0 Å². The third-order valence-electron chi connectivity index (χ3n) is 6.83. The lowest BCUT2D eigenvalue weighted by molar-refractivity contribution is 0.0527. The van der Waals surface area contributed by atoms with Crippen molar-refractivity contribution in [1.82, 2.24) is 14.8 Å². The average Bonchev–Trinajstić information content (AvgIpc) is 3.62. The molecule has 2 N–H and O–H groups in total. The quantitative estimate of drug-likeness (QED) is 0.254. The van der Waals surface area contributed by atoms with Gasteiger partial charge in [0.05, 0.1) is 12.2 Å². The highest BCUT2D eigenvalue weighted by Gasteiger charge is 2.26. The number of carbonyl (C=O) groups is 2. The first-order valence-electron chi connectivity index (χ1n) is 12.8. The van der Waals surface area contributed by atoms with Gasteiger partial charge in [-0.15, -0.1) is 22.7 Å². The number of anilines is 1. The van der Waals surface area contributed by atoms with E-state index in [1.165, 1.54) is 27.3 Å². The maximum atomic E-state index is 13.0. The van der Waals surface area contributed by atoms with Crippen molar-refractivity contribution in [1.29, 1.82) is 0 Å². The van der Waals surface area contributed by atoms with Crippen LogP contribution in [0.2, 0.25) is 0 Å². The molecule has 0 fully saturated rings. The molecule has 38 heavy (non-hydrogen) atoms. The molecule has 7 nitrogen and oxygen atoms in total. The van der Waals surface area contributed by atoms with Crippen molar-refractivity contribution in [2.24, 2.45) is 0 Å². The minimum atomic E-state index is -0.411. The first-order chi connectivity index (χ1) is 18.4. The number of rotatable bonds is 8. The summed E-state index contributed by atoms with van der Waals surface area (Å²) in [7, 11) is 0. The number of amides is 2. The van der Waals surface area contributed by atoms with Crippen LogP contribution in [0.25, 0.3) is 5.00 Å². The van der Waals surface area contributed by atoms with Crippen molar-refractivity contribution in [2.45, 2.75) is 46.8 Å². The summed E-state index contributed by atoms with van der Waals surface area (Å²) in [5.74, 6) is -0.411. The number of benzene rings is 1. The second-order valence-electron chi connectivity index (χ2n) is 9.34. The maximum absolute atomic E-state index is 13.0. The van der Waals surface area contributed by atoms with Crippen LogP contribution in [0, 0.1) is 13.8 Å². The zero-order valence-electron chi connectivity index (χ0n) is 21.9. The number of thiophene rings is 2. The minimum absolute atomic E-state index is 0.285. The van der Waals surface area contributed by atoms with Crippen LogP contribution >= 0.6 is 22.7 Å². The van der Waals surface area contributed by atoms with Gasteiger partial charge in [0.2, 0.25) is 0 Å². The first kappa shape index (κ1) is 26.2. The number of hydrogen-bond donors (Lipinski definition) is 2. The predicted molar refractivity (Wildman–Crippen MR) is 154 cm³/mol. The molecular formula is C29H32N4O3S2. The number of aromatic nitrogens is 1. The Morgan fingerprint density at radius 1 is 1.05 bits per heavy atom. The van der Waals surface area contributed by atoms with Crippen molar-refractivity contribution in [3.8, 4) is 5.00 Å². The fourth-order valence-corrected chi connectivity index (χ4v) is 7.24. The number of nitrogens with one attached hydrogen (secondary N) is 2. The zero-order valence-corrected chi connectivity index (χ0v) is 23.5. The number of hydrogen-bond acceptors (Lipinski definition) is 6. The molecule has 3 aromatic heterocycles. The van der Waals surface area contributed by atoms with Crippen LogP contribution in [0.5, 0.6) is 0 Å². The van der Waals surface area contributed by atoms with Gasteiger partial charge in [0.15, 0.2) is 0 Å². The minimum Gasteiger partial charge on any atom is -0.462 e. The number of fused-ring (bicyclic) bond motifs is 1. The van der Waals surface area contributed by atoms with Crippen LogP contribution in [0.3, 0.4) is 0 Å². The molecule has 0 aliphatic carbocycles. The molecule has 0 spiro atoms. The molecule has 0 saturated carbocycles. The number of esters is 1. The van der Waals surface area contributed by atoms with E-state index in [0.717, 1.165) is 47.1 Å². The van der Waals surface area contributed by atoms with Gasteiger partial charge in [-0.05, 0) is 56.0 Å². The molecule has 1 aromatic carbocycles. The molecule has 0 bridgehead atoms. The number of aryl methyl sites for hydroxylation is 1. The molecule has 0 radical (unpaired) electrons. The molecule has 2 amide bonds. The molecule has 1 aliphatic heterocycles. The standard InChI is InChI=1S/C29H32N4O3S2/c1-4-36-28(34)25-19(2)20(3)37-26(25)31-29(35)30-16-23-22-12-15-32(17-21-10-6-5-7-11-21)18-24(22)38-27(23)33-13-8-9-14-33/h5-11,13-14H,4,12,15-18H2,1-3H3,(H2,30,31,35). The summed E-state index contributed by atoms with van der Waals surface area (Å²) in [6.45, 7) is 9.07. The van der Waals surface area contributed by atoms with Crippen LogP contribution in [-0.2, 0) is 30.8 Å². The van der Waals surface area contributed by atoms with Crippen LogP contribution in [-0.4, -0.2) is 34.6 Å². The Bertz CT molecular complexity index is 1420. The van der Waals surface area contributed by atoms with E-state index in [0.29, 0.717) is 17.1 Å². The van der Waals surface area contributed by atoms with Crippen molar-refractivity contribution < 1.29 is 14.3 Å². The number of ether oxygens (including phenoxy) is 1. The molecule has 4 heterocycles. The van der Waals surface area contributed by atoms with E-state index in [1.54, 1.807) is 18.3 Å². The summed E-state index contributed by atoms with van der Waals surface area (Å²) in [5.41, 5.74) is 5.07. The largest absolute Gasteiger partial charge is 0.462 e. The Balaban J connectivity index is 1.33. The van der Waals surface area contributed by atoms with Crippen molar-refractivity contribution in [3.05, 3.63) is 92.4 Å². The van der Waals surface area contributed by atoms with Crippen molar-refractivity contribution >= 4 is 39.7 Å². The van der Waals surface area contributed by atoms with E-state index in [-0.39, 0.29) is 12.6 Å². The molecule has 9 heteroatoms. The van der Waals surface area contributed by atoms with E-state index in [4.69, 9.17) is 4.74 Å². The second kappa shape index (κ2) is 11.6. The predicted octanol–water partition coefficient (Wildman–Crippen LogP) is 6.27. The number of urea groups is 1. The topological polar surface area (TPSA) is 75.6 Å². The maximum Gasteiger partial charge on any atom is 0.341 e. The molecule has 5 rings (SSSR count). The number of nitrogens with zero attached hydrogens (tertiary/aromatic N) is 2. The smallest absolute Gasteiger partial charge is 0.341 e. The molecule has 0 saturated heterocycles. The molecule has 4 aromatic rings. The molecule has 0 atom stereocenters. The van der Waals surface area contributed by atoms with E-state index in [1.807, 2.05) is 44.4 Å². The number of carbonyl (C=O) groups excluding carboxylic acids is 2. The Morgan fingerprint density at radius 3 is 2.55 bits per heavy atom. The highest BCUT2D eigenvalue weighted by molar-refractivity contribution is 7.16. The summed E-state index contributed by atoms with van der Waals surface area (Å²) in [5, 5.41) is 7.60. The Kier molecular flexibility index (Phi) is 7.97. The van der Waals surface area contributed by atoms with Crippen molar-refractivity contribution in [3.63, 3.8) is 0 Å². The van der Waals surface area contributed by atoms with E-state index < -0.39 is 5.97 Å². The van der Waals surface area contributed by atoms with Crippen LogP contribution in [0.15, 0.2) is 54.9 Å².